The monoisotopic (exact) mass is 528 g/mol. The van der Waals surface area contributed by atoms with Gasteiger partial charge in [0.2, 0.25) is 5.95 Å². The highest BCUT2D eigenvalue weighted by Gasteiger charge is 2.33. The number of anilines is 3. The normalized spacial score (nSPS) is 13.9. The van der Waals surface area contributed by atoms with Crippen LogP contribution in [0.5, 0.6) is 0 Å². The molecule has 2 aliphatic rings. The van der Waals surface area contributed by atoms with Crippen molar-refractivity contribution in [2.24, 2.45) is 4.99 Å². The summed E-state index contributed by atoms with van der Waals surface area (Å²) in [6.45, 7) is 2.55. The number of aliphatic imine (C=N–C) groups is 1. The second-order valence-electron chi connectivity index (χ2n) is 7.90. The lowest BCUT2D eigenvalue weighted by atomic mass is 9.94. The number of nitrogens with zero attached hydrogens (tertiary/aromatic N) is 4. The maximum atomic E-state index is 15.8. The van der Waals surface area contributed by atoms with Gasteiger partial charge >= 0.3 is 0 Å². The van der Waals surface area contributed by atoms with Crippen LogP contribution >= 0.6 is 0 Å². The van der Waals surface area contributed by atoms with Gasteiger partial charge in [-0.15, -0.1) is 0 Å². The van der Waals surface area contributed by atoms with E-state index < -0.39 is 26.6 Å². The molecule has 192 valence electrons. The Morgan fingerprint density at radius 1 is 1.16 bits per heavy atom. The Morgan fingerprint density at radius 2 is 1.89 bits per heavy atom. The molecule has 3 N–H and O–H groups in total. The molecule has 5 rings (SSSR count). The van der Waals surface area contributed by atoms with Crippen LogP contribution in [0, 0.1) is 18.6 Å². The Labute approximate surface area is 211 Å². The van der Waals surface area contributed by atoms with E-state index in [0.717, 1.165) is 12.1 Å². The van der Waals surface area contributed by atoms with E-state index in [1.54, 1.807) is 32.3 Å². The molecule has 2 aromatic carbocycles. The number of amidine groups is 1. The molecule has 0 atom stereocenters. The van der Waals surface area contributed by atoms with Gasteiger partial charge in [0.1, 0.15) is 22.4 Å². The van der Waals surface area contributed by atoms with Crippen LogP contribution in [0.4, 0.5) is 26.2 Å². The van der Waals surface area contributed by atoms with Gasteiger partial charge in [0, 0.05) is 36.5 Å². The van der Waals surface area contributed by atoms with E-state index >= 15 is 4.39 Å². The largest absolute Gasteiger partial charge is 0.483 e. The van der Waals surface area contributed by atoms with Crippen molar-refractivity contribution in [1.29, 1.82) is 0 Å². The van der Waals surface area contributed by atoms with Crippen LogP contribution in [-0.2, 0) is 14.8 Å². The second kappa shape index (κ2) is 10.3. The number of hydrogen-bond acceptors (Lipinski definition) is 8. The molecule has 0 saturated heterocycles. The molecule has 0 spiro atoms. The first-order valence-corrected chi connectivity index (χ1v) is 12.4. The standard InChI is InChI=1S/C23H20F2N6O2S.CH2O2/c1-13-7-8-17(30-34(32,33)18-6-4-3-5-16(18)24)20(25)19(13)15-11-14-12-28-23(26-2)29-21(14)31-10-9-27-22(15)31;2-1-3/h3-8,11-12,30H,9-10H2,1-2H3,(H,26,28,29);1H,(H,2,3). The fraction of sp³-hybridized carbons (Fsp3) is 0.167. The van der Waals surface area contributed by atoms with Crippen molar-refractivity contribution in [2.75, 3.05) is 35.1 Å². The summed E-state index contributed by atoms with van der Waals surface area (Å²) in [5, 5.41) is 9.79. The maximum absolute atomic E-state index is 15.8. The van der Waals surface area contributed by atoms with Crippen LogP contribution in [0.15, 0.2) is 52.5 Å². The third-order valence-electron chi connectivity index (χ3n) is 5.65. The SMILES string of the molecule is CNc1ncc2c(n1)N1CCN=C1C(c1c(C)ccc(NS(=O)(=O)c3ccccc3F)c1F)=C2.O=CO. The van der Waals surface area contributed by atoms with Gasteiger partial charge in [0.15, 0.2) is 5.82 Å². The topological polar surface area (TPSA) is 137 Å². The first-order valence-electron chi connectivity index (χ1n) is 10.9. The lowest BCUT2D eigenvalue weighted by molar-refractivity contribution is -0.122. The minimum absolute atomic E-state index is 0.197. The number of rotatable bonds is 5. The first-order chi connectivity index (χ1) is 17.7. The summed E-state index contributed by atoms with van der Waals surface area (Å²) in [4.78, 5) is 23.0. The van der Waals surface area contributed by atoms with Crippen LogP contribution in [-0.4, -0.2) is 55.9 Å². The van der Waals surface area contributed by atoms with Crippen molar-refractivity contribution in [3.8, 4) is 0 Å². The zero-order chi connectivity index (χ0) is 26.7. The number of aromatic nitrogens is 2. The van der Waals surface area contributed by atoms with E-state index in [1.165, 1.54) is 18.2 Å². The molecule has 0 saturated carbocycles. The summed E-state index contributed by atoms with van der Waals surface area (Å²) in [5.74, 6) is -0.0462. The Bertz CT molecular complexity index is 1540. The van der Waals surface area contributed by atoms with Crippen LogP contribution < -0.4 is 14.9 Å². The molecule has 0 radical (unpaired) electrons. The summed E-state index contributed by atoms with van der Waals surface area (Å²) in [7, 11) is -2.63. The van der Waals surface area contributed by atoms with Crippen molar-refractivity contribution in [3.05, 3.63) is 70.9 Å². The van der Waals surface area contributed by atoms with E-state index in [9.17, 15) is 12.8 Å². The molecule has 3 heterocycles. The molecular weight excluding hydrogens is 506 g/mol. The van der Waals surface area contributed by atoms with Gasteiger partial charge in [0.25, 0.3) is 16.5 Å². The number of hydrogen-bond donors (Lipinski definition) is 3. The van der Waals surface area contributed by atoms with Crippen molar-refractivity contribution in [2.45, 2.75) is 11.8 Å². The zero-order valence-electron chi connectivity index (χ0n) is 19.7. The highest BCUT2D eigenvalue weighted by molar-refractivity contribution is 7.92. The highest BCUT2D eigenvalue weighted by atomic mass is 32.2. The van der Waals surface area contributed by atoms with Gasteiger partial charge in [-0.3, -0.25) is 14.5 Å². The van der Waals surface area contributed by atoms with Gasteiger partial charge in [0.05, 0.1) is 12.2 Å². The molecule has 0 bridgehead atoms. The van der Waals surface area contributed by atoms with E-state index in [4.69, 9.17) is 9.90 Å². The quantitative estimate of drug-likeness (QED) is 0.429. The predicted molar refractivity (Wildman–Crippen MR) is 136 cm³/mol. The number of fused-ring (bicyclic) bond motifs is 3. The minimum atomic E-state index is -4.35. The number of benzene rings is 2. The fourth-order valence-electron chi connectivity index (χ4n) is 4.05. The molecule has 0 unspecified atom stereocenters. The average molecular weight is 529 g/mol. The first kappa shape index (κ1) is 25.7. The Morgan fingerprint density at radius 3 is 2.59 bits per heavy atom. The minimum Gasteiger partial charge on any atom is -0.483 e. The molecule has 0 fully saturated rings. The summed E-state index contributed by atoms with van der Waals surface area (Å²) in [5.41, 5.74) is 1.67. The molecule has 2 aliphatic heterocycles. The summed E-state index contributed by atoms with van der Waals surface area (Å²) in [6.07, 6.45) is 3.39. The van der Waals surface area contributed by atoms with Crippen LogP contribution in [0.3, 0.4) is 0 Å². The second-order valence-corrected chi connectivity index (χ2v) is 9.55. The number of sulfonamides is 1. The lowest BCUT2D eigenvalue weighted by Crippen LogP contribution is -2.33. The summed E-state index contributed by atoms with van der Waals surface area (Å²) < 4.78 is 57.7. The molecule has 3 aromatic rings. The molecule has 10 nitrogen and oxygen atoms in total. The highest BCUT2D eigenvalue weighted by Crippen LogP contribution is 2.38. The van der Waals surface area contributed by atoms with Gasteiger partial charge in [-0.2, -0.15) is 4.98 Å². The van der Waals surface area contributed by atoms with E-state index in [1.807, 2.05) is 4.90 Å². The molecule has 0 aliphatic carbocycles. The third-order valence-corrected chi connectivity index (χ3v) is 7.05. The third kappa shape index (κ3) is 4.85. The van der Waals surface area contributed by atoms with Crippen molar-refractivity contribution < 1.29 is 27.1 Å². The van der Waals surface area contributed by atoms with Crippen molar-refractivity contribution >= 4 is 51.4 Å². The molecule has 37 heavy (non-hydrogen) atoms. The Balaban J connectivity index is 0.00000102. The molecule has 13 heteroatoms. The van der Waals surface area contributed by atoms with Crippen LogP contribution in [0.2, 0.25) is 0 Å². The zero-order valence-corrected chi connectivity index (χ0v) is 20.6. The maximum Gasteiger partial charge on any atom is 0.290 e. The Kier molecular flexibility index (Phi) is 7.16. The number of carbonyl (C=O) groups is 1. The smallest absolute Gasteiger partial charge is 0.290 e. The molecule has 0 amide bonds. The number of carboxylic acid groups (broad SMARTS) is 1. The van der Waals surface area contributed by atoms with Gasteiger partial charge in [-0.05, 0) is 36.8 Å². The van der Waals surface area contributed by atoms with E-state index in [2.05, 4.69) is 25.0 Å². The Hall–Kier alpha value is -4.39. The fourth-order valence-corrected chi connectivity index (χ4v) is 5.19. The van der Waals surface area contributed by atoms with Gasteiger partial charge < -0.3 is 15.3 Å². The van der Waals surface area contributed by atoms with Gasteiger partial charge in [-0.25, -0.2) is 22.2 Å². The van der Waals surface area contributed by atoms with E-state index in [-0.39, 0.29) is 17.7 Å². The van der Waals surface area contributed by atoms with E-state index in [0.29, 0.717) is 47.4 Å². The average Bonchev–Trinajstić information content (AvgIpc) is 3.37. The molecule has 1 aromatic heterocycles. The predicted octanol–water partition coefficient (Wildman–Crippen LogP) is 3.38. The van der Waals surface area contributed by atoms with Crippen LogP contribution in [0.25, 0.3) is 11.6 Å². The lowest BCUT2D eigenvalue weighted by Gasteiger charge is -2.28. The number of halogens is 2. The van der Waals surface area contributed by atoms with Crippen molar-refractivity contribution in [1.82, 2.24) is 9.97 Å². The van der Waals surface area contributed by atoms with Crippen LogP contribution in [0.1, 0.15) is 16.7 Å². The van der Waals surface area contributed by atoms with Gasteiger partial charge in [-0.1, -0.05) is 18.2 Å². The van der Waals surface area contributed by atoms with Crippen molar-refractivity contribution in [3.63, 3.8) is 0 Å². The summed E-state index contributed by atoms with van der Waals surface area (Å²) in [6, 6.07) is 7.85. The number of nitrogens with one attached hydrogen (secondary N) is 2. The number of aryl methyl sites for hydroxylation is 1. The summed E-state index contributed by atoms with van der Waals surface area (Å²) >= 11 is 0. The molecular formula is C24H22F2N6O4S.